The number of nitrogens with zero attached hydrogens (tertiary/aromatic N) is 8. The highest BCUT2D eigenvalue weighted by Gasteiger charge is 2.39. The van der Waals surface area contributed by atoms with Crippen molar-refractivity contribution in [3.63, 3.8) is 0 Å². The van der Waals surface area contributed by atoms with Gasteiger partial charge in [-0.1, -0.05) is 5.16 Å². The summed E-state index contributed by atoms with van der Waals surface area (Å²) in [6.07, 6.45) is 2.28. The largest absolute Gasteiger partial charge is 0.338 e. The third-order valence-corrected chi connectivity index (χ3v) is 6.22. The lowest BCUT2D eigenvalue weighted by atomic mass is 10.1. The first-order valence-electron chi connectivity index (χ1n) is 9.92. The molecular weight excluding hydrogens is 360 g/mol. The van der Waals surface area contributed by atoms with Gasteiger partial charge in [0.25, 0.3) is 0 Å². The molecule has 2 fully saturated rings. The zero-order chi connectivity index (χ0) is 19.4. The standard InChI is InChI=1S/C18H26N8O2/c1-11-20-21-15-10-24(3)14(9-26(11)15)18(27)25-7-6-23(2)13(8-25)17-19-16(22-28-17)12-4-5-12/h12-14H,4-10H2,1-3H3. The fourth-order valence-electron chi connectivity index (χ4n) is 4.13. The lowest BCUT2D eigenvalue weighted by Crippen LogP contribution is -2.56. The van der Waals surface area contributed by atoms with Gasteiger partial charge in [0.05, 0.1) is 13.1 Å². The Morgan fingerprint density at radius 3 is 2.71 bits per heavy atom. The Hall–Kier alpha value is -2.33. The lowest BCUT2D eigenvalue weighted by molar-refractivity contribution is -0.141. The summed E-state index contributed by atoms with van der Waals surface area (Å²) in [6.45, 7) is 5.21. The number of carbonyl (C=O) groups excluding carboxylic acids is 1. The van der Waals surface area contributed by atoms with Crippen molar-refractivity contribution in [2.45, 2.75) is 50.9 Å². The van der Waals surface area contributed by atoms with Crippen LogP contribution in [0.3, 0.4) is 0 Å². The molecule has 2 aliphatic heterocycles. The number of aromatic nitrogens is 5. The fraction of sp³-hybridized carbons (Fsp3) is 0.722. The molecule has 10 nitrogen and oxygen atoms in total. The molecular formula is C18H26N8O2. The summed E-state index contributed by atoms with van der Waals surface area (Å²) >= 11 is 0. The van der Waals surface area contributed by atoms with Gasteiger partial charge in [-0.2, -0.15) is 4.98 Å². The topological polar surface area (TPSA) is 96.4 Å². The number of hydrogen-bond donors (Lipinski definition) is 0. The molecule has 4 heterocycles. The number of carbonyl (C=O) groups is 1. The van der Waals surface area contributed by atoms with Crippen LogP contribution in [0.1, 0.15) is 48.2 Å². The molecule has 10 heteroatoms. The van der Waals surface area contributed by atoms with Crippen LogP contribution in [0.25, 0.3) is 0 Å². The smallest absolute Gasteiger partial charge is 0.245 e. The molecule has 1 saturated heterocycles. The molecule has 0 bridgehead atoms. The van der Waals surface area contributed by atoms with E-state index in [1.54, 1.807) is 0 Å². The van der Waals surface area contributed by atoms with Gasteiger partial charge < -0.3 is 14.0 Å². The molecule has 2 aromatic rings. The van der Waals surface area contributed by atoms with E-state index in [9.17, 15) is 4.79 Å². The highest BCUT2D eigenvalue weighted by molar-refractivity contribution is 5.82. The molecule has 2 aromatic heterocycles. The Balaban J connectivity index is 1.32. The van der Waals surface area contributed by atoms with E-state index < -0.39 is 0 Å². The first-order valence-corrected chi connectivity index (χ1v) is 9.92. The number of fused-ring (bicyclic) bond motifs is 1. The summed E-state index contributed by atoms with van der Waals surface area (Å²) in [5.41, 5.74) is 0. The number of piperazine rings is 1. The SMILES string of the molecule is Cc1nnc2n1CC(C(=O)N1CCN(C)C(c3nc(C4CC4)no3)C1)N(C)C2. The minimum Gasteiger partial charge on any atom is -0.338 e. The minimum atomic E-state index is -0.212. The quantitative estimate of drug-likeness (QED) is 0.737. The number of likely N-dealkylation sites (N-methyl/N-ethyl adjacent to an activating group) is 2. The Morgan fingerprint density at radius 1 is 1.11 bits per heavy atom. The number of amides is 1. The van der Waals surface area contributed by atoms with Crippen LogP contribution in [0.15, 0.2) is 4.52 Å². The van der Waals surface area contributed by atoms with Crippen molar-refractivity contribution in [2.24, 2.45) is 0 Å². The molecule has 0 aromatic carbocycles. The first-order chi connectivity index (χ1) is 13.5. The van der Waals surface area contributed by atoms with Crippen molar-refractivity contribution in [3.05, 3.63) is 23.4 Å². The average Bonchev–Trinajstić information content (AvgIpc) is 3.32. The number of hydrogen-bond acceptors (Lipinski definition) is 8. The van der Waals surface area contributed by atoms with E-state index in [1.165, 1.54) is 0 Å². The van der Waals surface area contributed by atoms with E-state index in [0.29, 0.717) is 38.0 Å². The maximum absolute atomic E-state index is 13.4. The third kappa shape index (κ3) is 3.00. The molecule has 3 aliphatic rings. The number of aryl methyl sites for hydroxylation is 1. The van der Waals surface area contributed by atoms with Crippen LogP contribution in [0.5, 0.6) is 0 Å². The van der Waals surface area contributed by atoms with Gasteiger partial charge >= 0.3 is 0 Å². The zero-order valence-corrected chi connectivity index (χ0v) is 16.6. The van der Waals surface area contributed by atoms with Gasteiger partial charge in [-0.3, -0.25) is 14.6 Å². The summed E-state index contributed by atoms with van der Waals surface area (Å²) in [6, 6.07) is -0.269. The van der Waals surface area contributed by atoms with Crippen molar-refractivity contribution >= 4 is 5.91 Å². The number of rotatable bonds is 3. The molecule has 0 radical (unpaired) electrons. The minimum absolute atomic E-state index is 0.0567. The molecule has 0 spiro atoms. The molecule has 1 amide bonds. The van der Waals surface area contributed by atoms with E-state index in [2.05, 4.69) is 34.7 Å². The Morgan fingerprint density at radius 2 is 1.93 bits per heavy atom. The molecule has 1 saturated carbocycles. The van der Waals surface area contributed by atoms with Crippen LogP contribution in [0.2, 0.25) is 0 Å². The van der Waals surface area contributed by atoms with Gasteiger partial charge in [0, 0.05) is 25.6 Å². The lowest BCUT2D eigenvalue weighted by Gasteiger charge is -2.41. The van der Waals surface area contributed by atoms with E-state index >= 15 is 0 Å². The maximum atomic E-state index is 13.4. The van der Waals surface area contributed by atoms with Crippen molar-refractivity contribution < 1.29 is 9.32 Å². The Bertz CT molecular complexity index is 888. The highest BCUT2D eigenvalue weighted by Crippen LogP contribution is 2.39. The summed E-state index contributed by atoms with van der Waals surface area (Å²) < 4.78 is 7.60. The molecule has 0 N–H and O–H groups in total. The second kappa shape index (κ2) is 6.63. The van der Waals surface area contributed by atoms with Crippen LogP contribution in [0.4, 0.5) is 0 Å². The van der Waals surface area contributed by atoms with Gasteiger partial charge in [0.2, 0.25) is 11.8 Å². The van der Waals surface area contributed by atoms with E-state index in [1.807, 2.05) is 25.9 Å². The van der Waals surface area contributed by atoms with Crippen LogP contribution < -0.4 is 0 Å². The van der Waals surface area contributed by atoms with Crippen LogP contribution in [0, 0.1) is 6.92 Å². The van der Waals surface area contributed by atoms with E-state index in [4.69, 9.17) is 4.52 Å². The van der Waals surface area contributed by atoms with Gasteiger partial charge in [0.1, 0.15) is 23.7 Å². The third-order valence-electron chi connectivity index (χ3n) is 6.22. The molecule has 1 aliphatic carbocycles. The fourth-order valence-corrected chi connectivity index (χ4v) is 4.13. The summed E-state index contributed by atoms with van der Waals surface area (Å²) in [5, 5.41) is 12.5. The second-order valence-corrected chi connectivity index (χ2v) is 8.25. The molecule has 2 atom stereocenters. The van der Waals surface area contributed by atoms with Gasteiger partial charge in [0.15, 0.2) is 5.82 Å². The van der Waals surface area contributed by atoms with Crippen LogP contribution in [-0.2, 0) is 17.9 Å². The first kappa shape index (κ1) is 17.7. The van der Waals surface area contributed by atoms with Crippen molar-refractivity contribution in [2.75, 3.05) is 33.7 Å². The molecule has 2 unspecified atom stereocenters. The maximum Gasteiger partial charge on any atom is 0.245 e. The van der Waals surface area contributed by atoms with Crippen molar-refractivity contribution in [1.82, 2.24) is 39.6 Å². The predicted octanol–water partition coefficient (Wildman–Crippen LogP) is 0.176. The van der Waals surface area contributed by atoms with Crippen molar-refractivity contribution in [3.8, 4) is 0 Å². The zero-order valence-electron chi connectivity index (χ0n) is 16.6. The van der Waals surface area contributed by atoms with Gasteiger partial charge in [-0.15, -0.1) is 10.2 Å². The molecule has 150 valence electrons. The normalized spacial score (nSPS) is 26.5. The highest BCUT2D eigenvalue weighted by atomic mass is 16.5. The second-order valence-electron chi connectivity index (χ2n) is 8.25. The Labute approximate surface area is 163 Å². The van der Waals surface area contributed by atoms with Crippen molar-refractivity contribution in [1.29, 1.82) is 0 Å². The predicted molar refractivity (Wildman–Crippen MR) is 98.2 cm³/mol. The summed E-state index contributed by atoms with van der Waals surface area (Å²) in [5.74, 6) is 3.81. The molecule has 5 rings (SSSR count). The van der Waals surface area contributed by atoms with Gasteiger partial charge in [-0.25, -0.2) is 0 Å². The van der Waals surface area contributed by atoms with Gasteiger partial charge in [-0.05, 0) is 33.9 Å². The monoisotopic (exact) mass is 386 g/mol. The summed E-state index contributed by atoms with van der Waals surface area (Å²) in [7, 11) is 4.02. The van der Waals surface area contributed by atoms with Crippen LogP contribution in [-0.4, -0.2) is 85.3 Å². The Kier molecular flexibility index (Phi) is 4.20. The van der Waals surface area contributed by atoms with E-state index in [-0.39, 0.29) is 18.0 Å². The average molecular weight is 386 g/mol. The van der Waals surface area contributed by atoms with Crippen LogP contribution >= 0.6 is 0 Å². The summed E-state index contributed by atoms with van der Waals surface area (Å²) in [4.78, 5) is 24.2. The van der Waals surface area contributed by atoms with E-state index in [0.717, 1.165) is 36.9 Å². The molecule has 28 heavy (non-hydrogen) atoms.